The quantitative estimate of drug-likeness (QED) is 0.800. The first-order chi connectivity index (χ1) is 8.79. The van der Waals surface area contributed by atoms with Gasteiger partial charge < -0.3 is 10.0 Å². The molecule has 2 rings (SSSR count). The summed E-state index contributed by atoms with van der Waals surface area (Å²) in [5.41, 5.74) is 1.97. The Labute approximate surface area is 107 Å². The highest BCUT2D eigenvalue weighted by Gasteiger charge is 2.17. The second-order valence-electron chi connectivity index (χ2n) is 4.43. The van der Waals surface area contributed by atoms with Crippen LogP contribution in [0.3, 0.4) is 0 Å². The van der Waals surface area contributed by atoms with Crippen LogP contribution in [0.2, 0.25) is 0 Å². The second-order valence-corrected chi connectivity index (χ2v) is 4.43. The number of aliphatic hydroxyl groups is 1. The third kappa shape index (κ3) is 3.35. The molecule has 0 unspecified atom stereocenters. The molecular formula is C15H17NO2. The summed E-state index contributed by atoms with van der Waals surface area (Å²) in [6, 6.07) is 7.83. The number of likely N-dealkylation sites (tertiary alicyclic amines) is 1. The first-order valence-electron chi connectivity index (χ1n) is 6.26. The molecule has 3 nitrogen and oxygen atoms in total. The average Bonchev–Trinajstić information content (AvgIpc) is 2.40. The number of nitrogens with zero attached hydrogens (tertiary/aromatic N) is 1. The van der Waals surface area contributed by atoms with E-state index < -0.39 is 0 Å². The lowest BCUT2D eigenvalue weighted by Crippen LogP contribution is -2.34. The molecule has 1 aliphatic rings. The summed E-state index contributed by atoms with van der Waals surface area (Å²) in [5.74, 6) is 5.75. The van der Waals surface area contributed by atoms with E-state index >= 15 is 0 Å². The van der Waals surface area contributed by atoms with Crippen molar-refractivity contribution in [3.8, 4) is 11.8 Å². The number of benzene rings is 1. The van der Waals surface area contributed by atoms with Gasteiger partial charge in [0.2, 0.25) is 5.91 Å². The van der Waals surface area contributed by atoms with Gasteiger partial charge in [0.1, 0.15) is 6.61 Å². The third-order valence-electron chi connectivity index (χ3n) is 3.03. The van der Waals surface area contributed by atoms with E-state index in [0.29, 0.717) is 13.0 Å². The van der Waals surface area contributed by atoms with E-state index in [2.05, 4.69) is 11.8 Å². The summed E-state index contributed by atoms with van der Waals surface area (Å²) >= 11 is 0. The largest absolute Gasteiger partial charge is 0.384 e. The zero-order valence-electron chi connectivity index (χ0n) is 10.4. The molecule has 18 heavy (non-hydrogen) atoms. The Kier molecular flexibility index (Phi) is 4.38. The van der Waals surface area contributed by atoms with Crippen molar-refractivity contribution in [3.05, 3.63) is 35.4 Å². The number of hydrogen-bond donors (Lipinski definition) is 1. The fourth-order valence-electron chi connectivity index (χ4n) is 2.14. The van der Waals surface area contributed by atoms with Crippen molar-refractivity contribution >= 4 is 5.91 Å². The fourth-order valence-corrected chi connectivity index (χ4v) is 2.14. The van der Waals surface area contributed by atoms with Crippen molar-refractivity contribution in [1.29, 1.82) is 0 Å². The van der Waals surface area contributed by atoms with Crippen LogP contribution in [0.15, 0.2) is 24.3 Å². The number of aliphatic hydroxyl groups excluding tert-OH is 1. The van der Waals surface area contributed by atoms with Crippen LogP contribution in [0, 0.1) is 11.8 Å². The second kappa shape index (κ2) is 6.23. The summed E-state index contributed by atoms with van der Waals surface area (Å²) in [5, 5.41) is 8.67. The van der Waals surface area contributed by atoms with Gasteiger partial charge in [-0.3, -0.25) is 4.79 Å². The lowest BCUT2D eigenvalue weighted by Gasteiger charge is -2.26. The molecule has 0 atom stereocenters. The maximum Gasteiger partial charge on any atom is 0.222 e. The first kappa shape index (κ1) is 12.7. The molecule has 0 aliphatic carbocycles. The van der Waals surface area contributed by atoms with Crippen molar-refractivity contribution in [1.82, 2.24) is 4.90 Å². The van der Waals surface area contributed by atoms with Gasteiger partial charge in [0.05, 0.1) is 0 Å². The van der Waals surface area contributed by atoms with Crippen molar-refractivity contribution < 1.29 is 9.90 Å². The lowest BCUT2D eigenvalue weighted by atomic mass is 10.1. The smallest absolute Gasteiger partial charge is 0.222 e. The number of rotatable bonds is 2. The maximum atomic E-state index is 11.7. The minimum Gasteiger partial charge on any atom is -0.384 e. The molecule has 1 aliphatic heterocycles. The molecule has 1 aromatic rings. The van der Waals surface area contributed by atoms with Crippen LogP contribution in [0.1, 0.15) is 30.4 Å². The molecule has 1 heterocycles. The summed E-state index contributed by atoms with van der Waals surface area (Å²) in [4.78, 5) is 13.6. The summed E-state index contributed by atoms with van der Waals surface area (Å²) in [7, 11) is 0. The number of amides is 1. The first-order valence-corrected chi connectivity index (χ1v) is 6.26. The molecule has 1 amide bonds. The van der Waals surface area contributed by atoms with E-state index in [-0.39, 0.29) is 12.5 Å². The molecule has 1 fully saturated rings. The van der Waals surface area contributed by atoms with Crippen molar-refractivity contribution in [3.63, 3.8) is 0 Å². The number of piperidine rings is 1. The van der Waals surface area contributed by atoms with Crippen LogP contribution in [0.5, 0.6) is 0 Å². The molecule has 1 N–H and O–H groups in total. The summed E-state index contributed by atoms with van der Waals surface area (Å²) < 4.78 is 0. The van der Waals surface area contributed by atoms with E-state index in [0.717, 1.165) is 30.5 Å². The van der Waals surface area contributed by atoms with E-state index in [9.17, 15) is 4.79 Å². The number of carbonyl (C=O) groups is 1. The van der Waals surface area contributed by atoms with Crippen LogP contribution in [-0.2, 0) is 11.3 Å². The Morgan fingerprint density at radius 2 is 2.22 bits per heavy atom. The van der Waals surface area contributed by atoms with Crippen LogP contribution in [0.4, 0.5) is 0 Å². The molecule has 0 bridgehead atoms. The number of carbonyl (C=O) groups excluding carboxylic acids is 1. The highest BCUT2D eigenvalue weighted by atomic mass is 16.2. The Hall–Kier alpha value is -1.79. The van der Waals surface area contributed by atoms with Gasteiger partial charge in [-0.15, -0.1) is 0 Å². The minimum absolute atomic E-state index is 0.130. The Morgan fingerprint density at radius 3 is 3.00 bits per heavy atom. The molecule has 0 spiro atoms. The standard InChI is InChI=1S/C15H17NO2/c17-10-4-7-13-5-3-6-14(11-13)12-16-9-2-1-8-15(16)18/h3,5-6,11,17H,1-2,8-10,12H2. The highest BCUT2D eigenvalue weighted by molar-refractivity contribution is 5.76. The van der Waals surface area contributed by atoms with Gasteiger partial charge in [0, 0.05) is 25.1 Å². The molecule has 3 heteroatoms. The van der Waals surface area contributed by atoms with Gasteiger partial charge >= 0.3 is 0 Å². The van der Waals surface area contributed by atoms with Crippen molar-refractivity contribution in [2.75, 3.05) is 13.2 Å². The lowest BCUT2D eigenvalue weighted by molar-refractivity contribution is -0.133. The predicted molar refractivity (Wildman–Crippen MR) is 69.7 cm³/mol. The maximum absolute atomic E-state index is 11.7. The van der Waals surface area contributed by atoms with Crippen LogP contribution >= 0.6 is 0 Å². The zero-order chi connectivity index (χ0) is 12.8. The van der Waals surface area contributed by atoms with Gasteiger partial charge in [0.15, 0.2) is 0 Å². The van der Waals surface area contributed by atoms with Crippen molar-refractivity contribution in [2.45, 2.75) is 25.8 Å². The van der Waals surface area contributed by atoms with Crippen LogP contribution < -0.4 is 0 Å². The normalized spacial score (nSPS) is 15.2. The molecule has 1 saturated heterocycles. The van der Waals surface area contributed by atoms with E-state index in [1.54, 1.807) is 0 Å². The Morgan fingerprint density at radius 1 is 1.33 bits per heavy atom. The third-order valence-corrected chi connectivity index (χ3v) is 3.03. The molecular weight excluding hydrogens is 226 g/mol. The van der Waals surface area contributed by atoms with Gasteiger partial charge in [-0.1, -0.05) is 24.0 Å². The van der Waals surface area contributed by atoms with E-state index in [4.69, 9.17) is 5.11 Å². The minimum atomic E-state index is -0.130. The van der Waals surface area contributed by atoms with Gasteiger partial charge in [-0.05, 0) is 30.5 Å². The highest BCUT2D eigenvalue weighted by Crippen LogP contribution is 2.15. The fraction of sp³-hybridized carbons (Fsp3) is 0.400. The average molecular weight is 243 g/mol. The zero-order valence-corrected chi connectivity index (χ0v) is 10.4. The SMILES string of the molecule is O=C1CCCCN1Cc1cccc(C#CCO)c1. The molecule has 0 aromatic heterocycles. The van der Waals surface area contributed by atoms with E-state index in [1.165, 1.54) is 0 Å². The topological polar surface area (TPSA) is 40.5 Å². The van der Waals surface area contributed by atoms with E-state index in [1.807, 2.05) is 29.2 Å². The number of hydrogen-bond acceptors (Lipinski definition) is 2. The Bertz CT molecular complexity index is 485. The van der Waals surface area contributed by atoms with Gasteiger partial charge in [0.25, 0.3) is 0 Å². The summed E-state index contributed by atoms with van der Waals surface area (Å²) in [6.07, 6.45) is 2.77. The predicted octanol–water partition coefficient (Wildman–Crippen LogP) is 1.54. The summed E-state index contributed by atoms with van der Waals surface area (Å²) in [6.45, 7) is 1.38. The molecule has 0 saturated carbocycles. The van der Waals surface area contributed by atoms with Crippen LogP contribution in [0.25, 0.3) is 0 Å². The Balaban J connectivity index is 2.06. The van der Waals surface area contributed by atoms with Crippen molar-refractivity contribution in [2.24, 2.45) is 0 Å². The molecule has 94 valence electrons. The van der Waals surface area contributed by atoms with Gasteiger partial charge in [-0.2, -0.15) is 0 Å². The molecule has 0 radical (unpaired) electrons. The van der Waals surface area contributed by atoms with Gasteiger partial charge in [-0.25, -0.2) is 0 Å². The van der Waals surface area contributed by atoms with Crippen LogP contribution in [-0.4, -0.2) is 29.1 Å². The molecule has 1 aromatic carbocycles. The monoisotopic (exact) mass is 243 g/mol.